The van der Waals surface area contributed by atoms with Gasteiger partial charge in [-0.2, -0.15) is 0 Å². The summed E-state index contributed by atoms with van der Waals surface area (Å²) in [7, 11) is 0. The third-order valence-corrected chi connectivity index (χ3v) is 2.51. The Labute approximate surface area is 85.1 Å². The fraction of sp³-hybridized carbons (Fsp3) is 0.700. The van der Waals surface area contributed by atoms with Crippen LogP contribution in [0.5, 0.6) is 0 Å². The van der Waals surface area contributed by atoms with Crippen molar-refractivity contribution in [2.45, 2.75) is 6.42 Å². The maximum Gasteiger partial charge on any atom is 0.234 e. The number of carbonyl (C=O) groups is 1. The fourth-order valence-corrected chi connectivity index (χ4v) is 1.69. The highest BCUT2D eigenvalue weighted by Gasteiger charge is 2.22. The Bertz CT molecular complexity index is 206. The van der Waals surface area contributed by atoms with Crippen molar-refractivity contribution in [3.63, 3.8) is 0 Å². The topological polar surface area (TPSA) is 58.4 Å². The first-order valence-corrected chi connectivity index (χ1v) is 5.06. The number of likely N-dealkylation sites (tertiary alicyclic amines) is 1. The molecule has 80 valence electrons. The van der Waals surface area contributed by atoms with Gasteiger partial charge >= 0.3 is 0 Å². The highest BCUT2D eigenvalue weighted by atomic mass is 16.2. The maximum absolute atomic E-state index is 11.3. The van der Waals surface area contributed by atoms with Gasteiger partial charge in [0.1, 0.15) is 0 Å². The van der Waals surface area contributed by atoms with Crippen molar-refractivity contribution in [2.24, 2.45) is 11.7 Å². The molecule has 0 bridgehead atoms. The predicted octanol–water partition coefficient (Wildman–Crippen LogP) is -0.431. The van der Waals surface area contributed by atoms with Crippen molar-refractivity contribution < 1.29 is 4.79 Å². The summed E-state index contributed by atoms with van der Waals surface area (Å²) in [5.74, 6) is 0.643. The molecule has 0 aromatic heterocycles. The Hall–Kier alpha value is -0.870. The SMILES string of the molecule is C=CCNC(=O)CN1CCC(CN)C1. The Morgan fingerprint density at radius 1 is 1.71 bits per heavy atom. The lowest BCUT2D eigenvalue weighted by Gasteiger charge is -2.14. The van der Waals surface area contributed by atoms with Crippen LogP contribution in [0.4, 0.5) is 0 Å². The quantitative estimate of drug-likeness (QED) is 0.588. The van der Waals surface area contributed by atoms with Crippen LogP contribution in [0.3, 0.4) is 0 Å². The van der Waals surface area contributed by atoms with Gasteiger partial charge in [-0.05, 0) is 25.4 Å². The van der Waals surface area contributed by atoms with Crippen LogP contribution in [-0.2, 0) is 4.79 Å². The van der Waals surface area contributed by atoms with Crippen molar-refractivity contribution in [3.8, 4) is 0 Å². The first kappa shape index (κ1) is 11.2. The lowest BCUT2D eigenvalue weighted by atomic mass is 10.1. The second-order valence-electron chi connectivity index (χ2n) is 3.72. The van der Waals surface area contributed by atoms with Crippen molar-refractivity contribution in [1.29, 1.82) is 0 Å². The molecular weight excluding hydrogens is 178 g/mol. The number of nitrogens with zero attached hydrogens (tertiary/aromatic N) is 1. The van der Waals surface area contributed by atoms with Crippen molar-refractivity contribution in [2.75, 3.05) is 32.7 Å². The standard InChI is InChI=1S/C10H19N3O/c1-2-4-12-10(14)8-13-5-3-9(6-11)7-13/h2,9H,1,3-8,11H2,(H,12,14). The fourth-order valence-electron chi connectivity index (χ4n) is 1.69. The number of nitrogens with two attached hydrogens (primary N) is 1. The zero-order chi connectivity index (χ0) is 10.4. The van der Waals surface area contributed by atoms with Crippen LogP contribution in [0.15, 0.2) is 12.7 Å². The molecule has 0 saturated carbocycles. The molecule has 0 spiro atoms. The minimum Gasteiger partial charge on any atom is -0.352 e. The lowest BCUT2D eigenvalue weighted by molar-refractivity contribution is -0.121. The highest BCUT2D eigenvalue weighted by Crippen LogP contribution is 2.13. The molecular formula is C10H19N3O. The van der Waals surface area contributed by atoms with Crippen molar-refractivity contribution >= 4 is 5.91 Å². The summed E-state index contributed by atoms with van der Waals surface area (Å²) in [6.45, 7) is 7.26. The summed E-state index contributed by atoms with van der Waals surface area (Å²) < 4.78 is 0. The van der Waals surface area contributed by atoms with E-state index in [0.29, 0.717) is 19.0 Å². The molecule has 0 aliphatic carbocycles. The number of hydrogen-bond acceptors (Lipinski definition) is 3. The zero-order valence-electron chi connectivity index (χ0n) is 8.54. The Kier molecular flexibility index (Phi) is 4.62. The molecule has 1 aliphatic heterocycles. The molecule has 1 atom stereocenters. The molecule has 1 saturated heterocycles. The molecule has 14 heavy (non-hydrogen) atoms. The molecule has 1 amide bonds. The van der Waals surface area contributed by atoms with Gasteiger partial charge in [-0.3, -0.25) is 9.69 Å². The minimum atomic E-state index is 0.0718. The van der Waals surface area contributed by atoms with Gasteiger partial charge in [0.25, 0.3) is 0 Å². The molecule has 3 N–H and O–H groups in total. The summed E-state index contributed by atoms with van der Waals surface area (Å²) in [4.78, 5) is 13.5. The minimum absolute atomic E-state index is 0.0718. The molecule has 1 rings (SSSR count). The van der Waals surface area contributed by atoms with Crippen LogP contribution in [0.1, 0.15) is 6.42 Å². The van der Waals surface area contributed by atoms with Crippen molar-refractivity contribution in [1.82, 2.24) is 10.2 Å². The van der Waals surface area contributed by atoms with E-state index in [2.05, 4.69) is 16.8 Å². The van der Waals surface area contributed by atoms with Gasteiger partial charge in [-0.15, -0.1) is 6.58 Å². The first-order chi connectivity index (χ1) is 6.76. The molecule has 1 fully saturated rings. The third kappa shape index (κ3) is 3.47. The van der Waals surface area contributed by atoms with E-state index in [0.717, 1.165) is 26.1 Å². The predicted molar refractivity (Wildman–Crippen MR) is 56.8 cm³/mol. The van der Waals surface area contributed by atoms with Gasteiger partial charge in [-0.1, -0.05) is 6.08 Å². The second kappa shape index (κ2) is 5.78. The van der Waals surface area contributed by atoms with Crippen LogP contribution in [0, 0.1) is 5.92 Å². The Balaban J connectivity index is 2.18. The zero-order valence-corrected chi connectivity index (χ0v) is 8.54. The molecule has 0 aromatic rings. The molecule has 0 radical (unpaired) electrons. The normalized spacial score (nSPS) is 22.2. The molecule has 4 heteroatoms. The third-order valence-electron chi connectivity index (χ3n) is 2.51. The van der Waals surface area contributed by atoms with E-state index in [9.17, 15) is 4.79 Å². The number of amides is 1. The van der Waals surface area contributed by atoms with Crippen LogP contribution < -0.4 is 11.1 Å². The molecule has 0 aromatic carbocycles. The molecule has 1 unspecified atom stereocenters. The smallest absolute Gasteiger partial charge is 0.234 e. The number of nitrogens with one attached hydrogen (secondary N) is 1. The van der Waals surface area contributed by atoms with Gasteiger partial charge < -0.3 is 11.1 Å². The lowest BCUT2D eigenvalue weighted by Crippen LogP contribution is -2.36. The highest BCUT2D eigenvalue weighted by molar-refractivity contribution is 5.78. The number of rotatable bonds is 5. The second-order valence-corrected chi connectivity index (χ2v) is 3.72. The van der Waals surface area contributed by atoms with Gasteiger partial charge in [0.05, 0.1) is 6.54 Å². The van der Waals surface area contributed by atoms with E-state index in [1.54, 1.807) is 6.08 Å². The Morgan fingerprint density at radius 3 is 3.07 bits per heavy atom. The summed E-state index contributed by atoms with van der Waals surface area (Å²) in [6.07, 6.45) is 2.80. The molecule has 1 heterocycles. The van der Waals surface area contributed by atoms with E-state index in [4.69, 9.17) is 5.73 Å². The van der Waals surface area contributed by atoms with Crippen LogP contribution >= 0.6 is 0 Å². The monoisotopic (exact) mass is 197 g/mol. The van der Waals surface area contributed by atoms with E-state index in [1.807, 2.05) is 0 Å². The summed E-state index contributed by atoms with van der Waals surface area (Å²) >= 11 is 0. The largest absolute Gasteiger partial charge is 0.352 e. The van der Waals surface area contributed by atoms with Gasteiger partial charge in [0.15, 0.2) is 0 Å². The van der Waals surface area contributed by atoms with E-state index >= 15 is 0 Å². The average molecular weight is 197 g/mol. The van der Waals surface area contributed by atoms with E-state index in [-0.39, 0.29) is 5.91 Å². The molecule has 4 nitrogen and oxygen atoms in total. The van der Waals surface area contributed by atoms with E-state index in [1.165, 1.54) is 0 Å². The maximum atomic E-state index is 11.3. The van der Waals surface area contributed by atoms with Gasteiger partial charge in [-0.25, -0.2) is 0 Å². The van der Waals surface area contributed by atoms with Crippen molar-refractivity contribution in [3.05, 3.63) is 12.7 Å². The average Bonchev–Trinajstić information content (AvgIpc) is 2.62. The van der Waals surface area contributed by atoms with Crippen LogP contribution in [0.25, 0.3) is 0 Å². The summed E-state index contributed by atoms with van der Waals surface area (Å²) in [6, 6.07) is 0. The van der Waals surface area contributed by atoms with E-state index < -0.39 is 0 Å². The number of carbonyl (C=O) groups excluding carboxylic acids is 1. The van der Waals surface area contributed by atoms with Gasteiger partial charge in [0.2, 0.25) is 5.91 Å². The first-order valence-electron chi connectivity index (χ1n) is 5.06. The Morgan fingerprint density at radius 2 is 2.50 bits per heavy atom. The summed E-state index contributed by atoms with van der Waals surface area (Å²) in [5.41, 5.74) is 5.57. The summed E-state index contributed by atoms with van der Waals surface area (Å²) in [5, 5.41) is 2.76. The molecule has 1 aliphatic rings. The van der Waals surface area contributed by atoms with Crippen LogP contribution in [0.2, 0.25) is 0 Å². The van der Waals surface area contributed by atoms with Gasteiger partial charge in [0, 0.05) is 13.1 Å². The van der Waals surface area contributed by atoms with Crippen LogP contribution in [-0.4, -0.2) is 43.5 Å². The number of hydrogen-bond donors (Lipinski definition) is 2.